The quantitative estimate of drug-likeness (QED) is 0.302. The first-order chi connectivity index (χ1) is 20.4. The minimum atomic E-state index is -0.364. The van der Waals surface area contributed by atoms with Gasteiger partial charge in [-0.25, -0.2) is 0 Å². The zero-order valence-electron chi connectivity index (χ0n) is 23.9. The number of amides is 2. The fourth-order valence-corrected chi connectivity index (χ4v) is 7.62. The number of anilines is 1. The van der Waals surface area contributed by atoms with E-state index in [0.29, 0.717) is 33.6 Å². The van der Waals surface area contributed by atoms with Crippen LogP contribution in [0.4, 0.5) is 5.69 Å². The van der Waals surface area contributed by atoms with Crippen LogP contribution in [-0.2, 0) is 19.5 Å². The topological polar surface area (TPSA) is 76.1 Å². The van der Waals surface area contributed by atoms with Crippen LogP contribution >= 0.6 is 22.9 Å². The monoisotopic (exact) mass is 606 g/mol. The van der Waals surface area contributed by atoms with Crippen LogP contribution in [0.3, 0.4) is 0 Å². The molecule has 0 aliphatic carbocycles. The summed E-state index contributed by atoms with van der Waals surface area (Å²) in [5, 5.41) is 14.0. The standard InChI is InChI=1S/C33H39ClN4O3S/c34-29-14-13-28(42-29)31(39)35-27-10-4-8-26-22-38(33(41)30(26)27)21-24-7-3-6-23(20-24)11-12-25-9-5-17-37(32(25)40)19-18-36-15-1-2-16-36/h3-4,6-8,10,13-14,20,25,32,40H,1-2,5,9,11-12,15-19,21-22H2,(H,35,39). The number of aliphatic hydroxyl groups excluding tert-OH is 1. The number of aryl methyl sites for hydroxylation is 1. The minimum absolute atomic E-state index is 0.0742. The first-order valence-electron chi connectivity index (χ1n) is 15.1. The second-order valence-corrected chi connectivity index (χ2v) is 13.5. The summed E-state index contributed by atoms with van der Waals surface area (Å²) >= 11 is 7.21. The second kappa shape index (κ2) is 13.3. The molecule has 0 saturated carbocycles. The number of carbonyl (C=O) groups is 2. The van der Waals surface area contributed by atoms with Crippen LogP contribution in [0.1, 0.15) is 68.8 Å². The number of fused-ring (bicyclic) bond motifs is 1. The van der Waals surface area contributed by atoms with Crippen molar-refractivity contribution in [3.05, 3.63) is 86.1 Å². The van der Waals surface area contributed by atoms with Gasteiger partial charge in [0.25, 0.3) is 11.8 Å². The van der Waals surface area contributed by atoms with Crippen molar-refractivity contribution in [2.45, 2.75) is 57.8 Å². The van der Waals surface area contributed by atoms with Crippen LogP contribution in [0, 0.1) is 5.92 Å². The van der Waals surface area contributed by atoms with E-state index in [9.17, 15) is 14.7 Å². The summed E-state index contributed by atoms with van der Waals surface area (Å²) in [6, 6.07) is 17.5. The summed E-state index contributed by atoms with van der Waals surface area (Å²) in [4.78, 5) is 33.4. The van der Waals surface area contributed by atoms with E-state index in [-0.39, 0.29) is 24.0 Å². The molecule has 6 rings (SSSR count). The number of thiophene rings is 1. The van der Waals surface area contributed by atoms with Crippen molar-refractivity contribution < 1.29 is 14.7 Å². The molecular formula is C33H39ClN4O3S. The lowest BCUT2D eigenvalue weighted by Gasteiger charge is -2.39. The average Bonchev–Trinajstić information content (AvgIpc) is 3.74. The molecule has 42 heavy (non-hydrogen) atoms. The maximum Gasteiger partial charge on any atom is 0.265 e. The van der Waals surface area contributed by atoms with E-state index in [2.05, 4.69) is 39.4 Å². The number of hydrogen-bond donors (Lipinski definition) is 2. The Morgan fingerprint density at radius 3 is 2.62 bits per heavy atom. The minimum Gasteiger partial charge on any atom is -0.378 e. The Hall–Kier alpha value is -2.75. The van der Waals surface area contributed by atoms with E-state index >= 15 is 0 Å². The molecule has 0 spiro atoms. The van der Waals surface area contributed by atoms with Gasteiger partial charge in [0.2, 0.25) is 0 Å². The van der Waals surface area contributed by atoms with Gasteiger partial charge in [-0.15, -0.1) is 11.3 Å². The number of hydrogen-bond acceptors (Lipinski definition) is 6. The first-order valence-corrected chi connectivity index (χ1v) is 16.3. The zero-order chi connectivity index (χ0) is 29.1. The van der Waals surface area contributed by atoms with E-state index in [1.54, 1.807) is 18.2 Å². The van der Waals surface area contributed by atoms with Gasteiger partial charge in [0, 0.05) is 32.7 Å². The Kier molecular flexibility index (Phi) is 9.26. The molecule has 2 atom stereocenters. The summed E-state index contributed by atoms with van der Waals surface area (Å²) in [5.74, 6) is -0.0543. The van der Waals surface area contributed by atoms with E-state index in [4.69, 9.17) is 11.6 Å². The molecule has 2 saturated heterocycles. The SMILES string of the molecule is O=C(Nc1cccc2c1C(=O)N(Cc1cccc(CCC3CCCN(CCN4CCCC4)C3O)c1)C2)c1ccc(Cl)s1. The molecule has 2 N–H and O–H groups in total. The summed E-state index contributed by atoms with van der Waals surface area (Å²) < 4.78 is 0.549. The predicted octanol–water partition coefficient (Wildman–Crippen LogP) is 5.87. The summed E-state index contributed by atoms with van der Waals surface area (Å²) in [6.07, 6.45) is 6.31. The van der Waals surface area contributed by atoms with Crippen molar-refractivity contribution in [1.82, 2.24) is 14.7 Å². The normalized spacial score (nSPS) is 21.2. The highest BCUT2D eigenvalue weighted by atomic mass is 35.5. The Morgan fingerprint density at radius 1 is 1.00 bits per heavy atom. The molecule has 3 aliphatic heterocycles. The molecule has 0 bridgehead atoms. The Labute approximate surface area is 257 Å². The number of aliphatic hydroxyl groups is 1. The number of piperidine rings is 1. The molecule has 9 heteroatoms. The van der Waals surface area contributed by atoms with Crippen LogP contribution in [0.5, 0.6) is 0 Å². The molecule has 2 aromatic carbocycles. The maximum absolute atomic E-state index is 13.5. The van der Waals surface area contributed by atoms with Crippen molar-refractivity contribution in [2.75, 3.05) is 38.0 Å². The molecule has 222 valence electrons. The van der Waals surface area contributed by atoms with Crippen LogP contribution in [0.2, 0.25) is 4.34 Å². The van der Waals surface area contributed by atoms with Gasteiger partial charge in [0.15, 0.2) is 0 Å². The Bertz CT molecular complexity index is 1420. The first kappa shape index (κ1) is 29.3. The summed E-state index contributed by atoms with van der Waals surface area (Å²) in [7, 11) is 0. The van der Waals surface area contributed by atoms with Crippen molar-refractivity contribution in [3.63, 3.8) is 0 Å². The molecule has 2 amide bonds. The van der Waals surface area contributed by atoms with E-state index in [1.807, 2.05) is 17.0 Å². The number of nitrogens with one attached hydrogen (secondary N) is 1. The smallest absolute Gasteiger partial charge is 0.265 e. The maximum atomic E-state index is 13.5. The lowest BCUT2D eigenvalue weighted by molar-refractivity contribution is -0.0701. The molecule has 3 aromatic rings. The number of rotatable bonds is 10. The molecule has 0 radical (unpaired) electrons. The van der Waals surface area contributed by atoms with Crippen LogP contribution in [-0.4, -0.2) is 70.6 Å². The Balaban J connectivity index is 1.05. The van der Waals surface area contributed by atoms with Crippen LogP contribution in [0.25, 0.3) is 0 Å². The summed E-state index contributed by atoms with van der Waals surface area (Å²) in [6.45, 7) is 6.40. The van der Waals surface area contributed by atoms with Gasteiger partial charge in [0.05, 0.1) is 20.5 Å². The molecule has 4 heterocycles. The highest BCUT2D eigenvalue weighted by Crippen LogP contribution is 2.32. The molecular weight excluding hydrogens is 568 g/mol. The molecule has 2 unspecified atom stereocenters. The van der Waals surface area contributed by atoms with Gasteiger partial charge in [0.1, 0.15) is 6.23 Å². The van der Waals surface area contributed by atoms with Gasteiger partial charge in [-0.1, -0.05) is 48.0 Å². The summed E-state index contributed by atoms with van der Waals surface area (Å²) in [5.41, 5.74) is 4.33. The van der Waals surface area contributed by atoms with Crippen molar-refractivity contribution >= 4 is 40.4 Å². The van der Waals surface area contributed by atoms with Gasteiger partial charge in [-0.2, -0.15) is 0 Å². The van der Waals surface area contributed by atoms with Crippen molar-refractivity contribution in [3.8, 4) is 0 Å². The molecule has 7 nitrogen and oxygen atoms in total. The number of halogens is 1. The van der Waals surface area contributed by atoms with Gasteiger partial charge in [-0.05, 0) is 92.4 Å². The number of likely N-dealkylation sites (tertiary alicyclic amines) is 2. The van der Waals surface area contributed by atoms with Crippen LogP contribution in [0.15, 0.2) is 54.6 Å². The average molecular weight is 607 g/mol. The molecule has 3 aliphatic rings. The highest BCUT2D eigenvalue weighted by Gasteiger charge is 2.32. The zero-order valence-corrected chi connectivity index (χ0v) is 25.5. The van der Waals surface area contributed by atoms with Gasteiger partial charge >= 0.3 is 0 Å². The van der Waals surface area contributed by atoms with E-state index in [1.165, 1.54) is 42.8 Å². The third-order valence-electron chi connectivity index (χ3n) is 8.94. The number of benzene rings is 2. The van der Waals surface area contributed by atoms with Gasteiger partial charge < -0.3 is 20.2 Å². The number of nitrogens with zero attached hydrogens (tertiary/aromatic N) is 3. The van der Waals surface area contributed by atoms with E-state index in [0.717, 1.165) is 56.4 Å². The molecule has 1 aromatic heterocycles. The van der Waals surface area contributed by atoms with E-state index < -0.39 is 0 Å². The van der Waals surface area contributed by atoms with Crippen molar-refractivity contribution in [1.29, 1.82) is 0 Å². The lowest BCUT2D eigenvalue weighted by atomic mass is 9.89. The fraction of sp³-hybridized carbons (Fsp3) is 0.455. The molecule has 2 fully saturated rings. The largest absolute Gasteiger partial charge is 0.378 e. The van der Waals surface area contributed by atoms with Crippen molar-refractivity contribution in [2.24, 2.45) is 5.92 Å². The van der Waals surface area contributed by atoms with Gasteiger partial charge in [-0.3, -0.25) is 14.5 Å². The van der Waals surface area contributed by atoms with Crippen LogP contribution < -0.4 is 5.32 Å². The third kappa shape index (κ3) is 6.74. The highest BCUT2D eigenvalue weighted by molar-refractivity contribution is 7.18. The fourth-order valence-electron chi connectivity index (χ4n) is 6.68. The second-order valence-electron chi connectivity index (χ2n) is 11.8. The Morgan fingerprint density at radius 2 is 1.81 bits per heavy atom. The predicted molar refractivity (Wildman–Crippen MR) is 168 cm³/mol. The third-order valence-corrected chi connectivity index (χ3v) is 10.2. The lowest BCUT2D eigenvalue weighted by Crippen LogP contribution is -2.48. The number of carbonyl (C=O) groups excluding carboxylic acids is 2.